The zero-order valence-electron chi connectivity index (χ0n) is 14.9. The zero-order chi connectivity index (χ0) is 18.5. The number of nitrogens with zero attached hydrogens (tertiary/aromatic N) is 2. The lowest BCUT2D eigenvalue weighted by Gasteiger charge is -2.08. The Bertz CT molecular complexity index is 998. The third kappa shape index (κ3) is 4.32. The van der Waals surface area contributed by atoms with E-state index in [0.29, 0.717) is 17.4 Å². The number of hydrogen-bond acceptors (Lipinski definition) is 4. The van der Waals surface area contributed by atoms with E-state index in [9.17, 15) is 9.59 Å². The highest BCUT2D eigenvalue weighted by molar-refractivity contribution is 7.99. The zero-order valence-corrected chi connectivity index (χ0v) is 15.7. The summed E-state index contributed by atoms with van der Waals surface area (Å²) in [6, 6.07) is 13.5. The van der Waals surface area contributed by atoms with Crippen molar-refractivity contribution < 1.29 is 4.79 Å². The van der Waals surface area contributed by atoms with Crippen LogP contribution in [0.1, 0.15) is 11.1 Å². The fourth-order valence-electron chi connectivity index (χ4n) is 2.59. The predicted octanol–water partition coefficient (Wildman–Crippen LogP) is 2.92. The van der Waals surface area contributed by atoms with Crippen molar-refractivity contribution in [3.63, 3.8) is 0 Å². The third-order valence-electron chi connectivity index (χ3n) is 4.22. The Hall–Kier alpha value is -2.60. The number of para-hydroxylation sites is 1. The van der Waals surface area contributed by atoms with E-state index in [-0.39, 0.29) is 18.0 Å². The Morgan fingerprint density at radius 1 is 1.15 bits per heavy atom. The molecule has 3 aromatic rings. The summed E-state index contributed by atoms with van der Waals surface area (Å²) in [7, 11) is 0. The quantitative estimate of drug-likeness (QED) is 0.537. The second-order valence-electron chi connectivity index (χ2n) is 6.14. The standard InChI is InChI=1S/C20H21N3O2S/c1-14-7-8-16(11-15(14)2)26-10-9-21-19(24)12-23-13-22-18-6-4-3-5-17(18)20(23)25/h3-8,11,13H,9-10,12H2,1-2H3,(H,21,24). The van der Waals surface area contributed by atoms with Gasteiger partial charge in [0, 0.05) is 17.2 Å². The van der Waals surface area contributed by atoms with Gasteiger partial charge in [-0.05, 0) is 49.2 Å². The monoisotopic (exact) mass is 367 g/mol. The van der Waals surface area contributed by atoms with Gasteiger partial charge in [-0.1, -0.05) is 18.2 Å². The van der Waals surface area contributed by atoms with Gasteiger partial charge in [-0.15, -0.1) is 11.8 Å². The van der Waals surface area contributed by atoms with Crippen LogP contribution in [0.4, 0.5) is 0 Å². The molecular formula is C20H21N3O2S. The molecule has 0 bridgehead atoms. The number of fused-ring (bicyclic) bond motifs is 1. The Kier molecular flexibility index (Phi) is 5.73. The number of carbonyl (C=O) groups is 1. The first-order valence-electron chi connectivity index (χ1n) is 8.45. The molecule has 1 amide bonds. The van der Waals surface area contributed by atoms with Crippen LogP contribution in [0.2, 0.25) is 0 Å². The van der Waals surface area contributed by atoms with Crippen molar-refractivity contribution in [1.82, 2.24) is 14.9 Å². The number of rotatable bonds is 6. The molecule has 0 aliphatic rings. The van der Waals surface area contributed by atoms with E-state index in [1.165, 1.54) is 26.9 Å². The molecule has 5 nitrogen and oxygen atoms in total. The number of carbonyl (C=O) groups excluding carboxylic acids is 1. The van der Waals surface area contributed by atoms with Gasteiger partial charge in [0.15, 0.2) is 0 Å². The van der Waals surface area contributed by atoms with Gasteiger partial charge in [-0.25, -0.2) is 4.98 Å². The van der Waals surface area contributed by atoms with Crippen LogP contribution in [0.5, 0.6) is 0 Å². The van der Waals surface area contributed by atoms with E-state index >= 15 is 0 Å². The molecule has 6 heteroatoms. The number of aryl methyl sites for hydroxylation is 2. The molecule has 0 unspecified atom stereocenters. The number of nitrogens with one attached hydrogen (secondary N) is 1. The van der Waals surface area contributed by atoms with Gasteiger partial charge in [-0.3, -0.25) is 14.2 Å². The minimum absolute atomic E-state index is 0.0228. The molecule has 134 valence electrons. The molecule has 0 radical (unpaired) electrons. The van der Waals surface area contributed by atoms with E-state index in [1.54, 1.807) is 30.0 Å². The molecule has 0 aliphatic carbocycles. The van der Waals surface area contributed by atoms with Crippen molar-refractivity contribution in [2.75, 3.05) is 12.3 Å². The topological polar surface area (TPSA) is 64.0 Å². The van der Waals surface area contributed by atoms with Crippen LogP contribution in [0.25, 0.3) is 10.9 Å². The summed E-state index contributed by atoms with van der Waals surface area (Å²) in [6.45, 7) is 4.71. The summed E-state index contributed by atoms with van der Waals surface area (Å²) < 4.78 is 1.34. The molecule has 26 heavy (non-hydrogen) atoms. The third-order valence-corrected chi connectivity index (χ3v) is 5.21. The minimum Gasteiger partial charge on any atom is -0.354 e. The van der Waals surface area contributed by atoms with Gasteiger partial charge >= 0.3 is 0 Å². The second kappa shape index (κ2) is 8.19. The van der Waals surface area contributed by atoms with Crippen molar-refractivity contribution in [3.8, 4) is 0 Å². The lowest BCUT2D eigenvalue weighted by Crippen LogP contribution is -2.33. The van der Waals surface area contributed by atoms with Crippen LogP contribution < -0.4 is 10.9 Å². The molecule has 1 aromatic heterocycles. The molecule has 0 fully saturated rings. The van der Waals surface area contributed by atoms with Crippen molar-refractivity contribution >= 4 is 28.6 Å². The average Bonchev–Trinajstić information content (AvgIpc) is 2.64. The van der Waals surface area contributed by atoms with E-state index in [4.69, 9.17) is 0 Å². The number of benzene rings is 2. The normalized spacial score (nSPS) is 10.8. The first-order valence-corrected chi connectivity index (χ1v) is 9.44. The molecule has 1 N–H and O–H groups in total. The Morgan fingerprint density at radius 2 is 1.96 bits per heavy atom. The van der Waals surface area contributed by atoms with E-state index in [0.717, 1.165) is 5.75 Å². The van der Waals surface area contributed by atoms with Crippen LogP contribution in [0.3, 0.4) is 0 Å². The lowest BCUT2D eigenvalue weighted by atomic mass is 10.1. The maximum absolute atomic E-state index is 12.4. The number of aromatic nitrogens is 2. The van der Waals surface area contributed by atoms with Crippen molar-refractivity contribution in [2.24, 2.45) is 0 Å². The largest absolute Gasteiger partial charge is 0.354 e. The smallest absolute Gasteiger partial charge is 0.261 e. The van der Waals surface area contributed by atoms with Gasteiger partial charge < -0.3 is 5.32 Å². The van der Waals surface area contributed by atoms with Gasteiger partial charge in [-0.2, -0.15) is 0 Å². The van der Waals surface area contributed by atoms with Crippen LogP contribution in [-0.4, -0.2) is 27.8 Å². The Morgan fingerprint density at radius 3 is 2.77 bits per heavy atom. The maximum atomic E-state index is 12.4. The Balaban J connectivity index is 1.52. The lowest BCUT2D eigenvalue weighted by molar-refractivity contribution is -0.121. The molecule has 0 spiro atoms. The summed E-state index contributed by atoms with van der Waals surface area (Å²) in [6.07, 6.45) is 1.42. The van der Waals surface area contributed by atoms with Gasteiger partial charge in [0.1, 0.15) is 6.54 Å². The van der Waals surface area contributed by atoms with Gasteiger partial charge in [0.25, 0.3) is 5.56 Å². The minimum atomic E-state index is -0.199. The van der Waals surface area contributed by atoms with Crippen LogP contribution in [0.15, 0.2) is 58.5 Å². The summed E-state index contributed by atoms with van der Waals surface area (Å²) in [5, 5.41) is 3.38. The van der Waals surface area contributed by atoms with E-state index in [2.05, 4.69) is 42.3 Å². The Labute approximate surface area is 156 Å². The van der Waals surface area contributed by atoms with Crippen LogP contribution in [-0.2, 0) is 11.3 Å². The fraction of sp³-hybridized carbons (Fsp3) is 0.250. The molecule has 2 aromatic carbocycles. The molecular weight excluding hydrogens is 346 g/mol. The first-order chi connectivity index (χ1) is 12.5. The van der Waals surface area contributed by atoms with Gasteiger partial charge in [0.2, 0.25) is 5.91 Å². The first kappa shape index (κ1) is 18.2. The van der Waals surface area contributed by atoms with Crippen LogP contribution in [0, 0.1) is 13.8 Å². The highest BCUT2D eigenvalue weighted by Crippen LogP contribution is 2.20. The average molecular weight is 367 g/mol. The highest BCUT2D eigenvalue weighted by Gasteiger charge is 2.07. The highest BCUT2D eigenvalue weighted by atomic mass is 32.2. The maximum Gasteiger partial charge on any atom is 0.261 e. The molecule has 0 saturated heterocycles. The fourth-order valence-corrected chi connectivity index (χ4v) is 3.46. The molecule has 0 saturated carbocycles. The van der Waals surface area contributed by atoms with Crippen LogP contribution >= 0.6 is 11.8 Å². The number of thioether (sulfide) groups is 1. The van der Waals surface area contributed by atoms with Gasteiger partial charge in [0.05, 0.1) is 17.2 Å². The molecule has 1 heterocycles. The SMILES string of the molecule is Cc1ccc(SCCNC(=O)Cn2cnc3ccccc3c2=O)cc1C. The van der Waals surface area contributed by atoms with Crippen molar-refractivity contribution in [2.45, 2.75) is 25.3 Å². The summed E-state index contributed by atoms with van der Waals surface area (Å²) >= 11 is 1.70. The summed E-state index contributed by atoms with van der Waals surface area (Å²) in [4.78, 5) is 29.9. The molecule has 0 atom stereocenters. The number of hydrogen-bond donors (Lipinski definition) is 1. The summed E-state index contributed by atoms with van der Waals surface area (Å²) in [5.41, 5.74) is 2.98. The predicted molar refractivity (Wildman–Crippen MR) is 106 cm³/mol. The van der Waals surface area contributed by atoms with Crippen molar-refractivity contribution in [1.29, 1.82) is 0 Å². The van der Waals surface area contributed by atoms with E-state index < -0.39 is 0 Å². The molecule has 0 aliphatic heterocycles. The van der Waals surface area contributed by atoms with E-state index in [1.807, 2.05) is 6.07 Å². The van der Waals surface area contributed by atoms with Crippen molar-refractivity contribution in [3.05, 3.63) is 70.3 Å². The molecule has 3 rings (SSSR count). The summed E-state index contributed by atoms with van der Waals surface area (Å²) in [5.74, 6) is 0.587. The number of amides is 1. The second-order valence-corrected chi connectivity index (χ2v) is 7.31.